The van der Waals surface area contributed by atoms with Gasteiger partial charge in [-0.1, -0.05) is 6.07 Å². The average molecular weight is 465 g/mol. The van der Waals surface area contributed by atoms with E-state index in [4.69, 9.17) is 5.73 Å². The molecule has 0 bridgehead atoms. The summed E-state index contributed by atoms with van der Waals surface area (Å²) in [7, 11) is 0. The second kappa shape index (κ2) is 8.34. The highest BCUT2D eigenvalue weighted by Gasteiger charge is 2.37. The van der Waals surface area contributed by atoms with Crippen LogP contribution in [0.4, 0.5) is 17.6 Å². The van der Waals surface area contributed by atoms with Gasteiger partial charge >= 0.3 is 5.51 Å². The lowest BCUT2D eigenvalue weighted by molar-refractivity contribution is -0.0329. The summed E-state index contributed by atoms with van der Waals surface area (Å²) in [6.07, 6.45) is 4.27. The molecule has 1 amide bonds. The molecule has 0 saturated heterocycles. The van der Waals surface area contributed by atoms with Gasteiger partial charge < -0.3 is 5.73 Å². The lowest BCUT2D eigenvalue weighted by atomic mass is 10.0. The average Bonchev–Trinajstić information content (AvgIpc) is 3.56. The monoisotopic (exact) mass is 465 g/mol. The molecule has 2 aromatic heterocycles. The molecule has 0 aliphatic heterocycles. The number of alkyl halides is 3. The second-order valence-electron chi connectivity index (χ2n) is 7.13. The molecule has 1 fully saturated rings. The Morgan fingerprint density at radius 1 is 1.19 bits per heavy atom. The first-order valence-electron chi connectivity index (χ1n) is 9.40. The Hall–Kier alpha value is -3.28. The van der Waals surface area contributed by atoms with E-state index in [1.54, 1.807) is 6.07 Å². The van der Waals surface area contributed by atoms with Gasteiger partial charge in [0.1, 0.15) is 11.5 Å². The minimum atomic E-state index is -4.64. The molecule has 3 aromatic rings. The van der Waals surface area contributed by atoms with E-state index in [0.717, 1.165) is 18.2 Å². The van der Waals surface area contributed by atoms with E-state index in [1.165, 1.54) is 23.0 Å². The van der Waals surface area contributed by atoms with Gasteiger partial charge in [-0.15, -0.1) is 0 Å². The minimum Gasteiger partial charge on any atom is -0.364 e. The summed E-state index contributed by atoms with van der Waals surface area (Å²) < 4.78 is 53.8. The zero-order valence-corrected chi connectivity index (χ0v) is 17.0. The Labute approximate surface area is 182 Å². The first-order chi connectivity index (χ1) is 15.1. The molecule has 0 spiro atoms. The van der Waals surface area contributed by atoms with Crippen molar-refractivity contribution in [1.82, 2.24) is 19.5 Å². The Morgan fingerprint density at radius 3 is 2.44 bits per heavy atom. The van der Waals surface area contributed by atoms with Gasteiger partial charge in [-0.05, 0) is 54.3 Å². The lowest BCUT2D eigenvalue weighted by Crippen LogP contribution is -2.32. The largest absolute Gasteiger partial charge is 0.446 e. The Bertz CT molecular complexity index is 1230. The van der Waals surface area contributed by atoms with Crippen LogP contribution in [0.15, 0.2) is 52.4 Å². The molecule has 2 heterocycles. The molecule has 0 unspecified atom stereocenters. The molecule has 1 aliphatic carbocycles. The number of thioether (sulfide) groups is 1. The van der Waals surface area contributed by atoms with Crippen LogP contribution in [0.3, 0.4) is 0 Å². The molecule has 7 nitrogen and oxygen atoms in total. The maximum Gasteiger partial charge on any atom is 0.446 e. The number of hydrogen-bond donors (Lipinski definition) is 1. The number of primary amides is 1. The van der Waals surface area contributed by atoms with Crippen LogP contribution in [0.1, 0.15) is 34.9 Å². The summed E-state index contributed by atoms with van der Waals surface area (Å²) in [5.41, 5.74) is 0.0276. The predicted molar refractivity (Wildman–Crippen MR) is 107 cm³/mol. The molecular weight excluding hydrogens is 450 g/mol. The molecule has 1 atom stereocenters. The van der Waals surface area contributed by atoms with Crippen molar-refractivity contribution in [3.05, 3.63) is 70.2 Å². The molecule has 1 aliphatic rings. The third-order valence-electron chi connectivity index (χ3n) is 4.84. The van der Waals surface area contributed by atoms with Crippen molar-refractivity contribution in [1.29, 1.82) is 0 Å². The molecule has 12 heteroatoms. The summed E-state index contributed by atoms with van der Waals surface area (Å²) in [5.74, 6) is -2.06. The highest BCUT2D eigenvalue weighted by Crippen LogP contribution is 2.45. The number of halogens is 4. The third kappa shape index (κ3) is 4.64. The van der Waals surface area contributed by atoms with Gasteiger partial charge in [0.25, 0.3) is 11.5 Å². The molecule has 32 heavy (non-hydrogen) atoms. The third-order valence-corrected chi connectivity index (χ3v) is 5.62. The van der Waals surface area contributed by atoms with E-state index in [2.05, 4.69) is 15.0 Å². The number of aromatic nitrogens is 4. The van der Waals surface area contributed by atoms with Crippen LogP contribution in [-0.2, 0) is 0 Å². The number of nitrogens with zero attached hydrogens (tertiary/aromatic N) is 4. The van der Waals surface area contributed by atoms with Crippen molar-refractivity contribution in [2.24, 2.45) is 11.7 Å². The summed E-state index contributed by atoms with van der Waals surface area (Å²) in [4.78, 5) is 36.5. The van der Waals surface area contributed by atoms with E-state index >= 15 is 0 Å². The Kier molecular flexibility index (Phi) is 5.71. The number of hydrogen-bond acceptors (Lipinski definition) is 6. The first-order valence-corrected chi connectivity index (χ1v) is 10.2. The summed E-state index contributed by atoms with van der Waals surface area (Å²) in [5, 5.41) is 0. The molecule has 4 rings (SSSR count). The number of rotatable bonds is 6. The molecule has 2 N–H and O–H groups in total. The van der Waals surface area contributed by atoms with Gasteiger partial charge in [-0.25, -0.2) is 19.3 Å². The van der Waals surface area contributed by atoms with Crippen LogP contribution in [0.2, 0.25) is 0 Å². The number of nitrogens with two attached hydrogens (primary N) is 1. The van der Waals surface area contributed by atoms with E-state index in [-0.39, 0.29) is 23.3 Å². The van der Waals surface area contributed by atoms with Crippen molar-refractivity contribution >= 4 is 17.7 Å². The van der Waals surface area contributed by atoms with Gasteiger partial charge in [0.2, 0.25) is 0 Å². The maximum absolute atomic E-state index is 14.5. The van der Waals surface area contributed by atoms with Crippen LogP contribution >= 0.6 is 11.8 Å². The van der Waals surface area contributed by atoms with Gasteiger partial charge in [0.15, 0.2) is 11.6 Å². The number of carbonyl (C=O) groups excluding carboxylic acids is 1. The summed E-state index contributed by atoms with van der Waals surface area (Å²) >= 11 is -0.551. The van der Waals surface area contributed by atoms with E-state index in [1.807, 2.05) is 0 Å². The highest BCUT2D eigenvalue weighted by atomic mass is 32.2. The van der Waals surface area contributed by atoms with Crippen LogP contribution in [0.5, 0.6) is 0 Å². The number of benzene rings is 1. The zero-order chi connectivity index (χ0) is 23.0. The van der Waals surface area contributed by atoms with E-state index < -0.39 is 45.5 Å². The molecule has 166 valence electrons. The zero-order valence-electron chi connectivity index (χ0n) is 16.2. The second-order valence-corrected chi connectivity index (χ2v) is 8.24. The van der Waals surface area contributed by atoms with E-state index in [9.17, 15) is 27.2 Å². The van der Waals surface area contributed by atoms with Gasteiger partial charge in [-0.3, -0.25) is 14.2 Å². The van der Waals surface area contributed by atoms with Gasteiger partial charge in [0.05, 0.1) is 10.9 Å². The highest BCUT2D eigenvalue weighted by molar-refractivity contribution is 8.00. The topological polar surface area (TPSA) is 104 Å². The van der Waals surface area contributed by atoms with Crippen LogP contribution in [0.25, 0.3) is 11.6 Å². The fraction of sp³-hybridized carbons (Fsp3) is 0.250. The minimum absolute atomic E-state index is 0.0436. The van der Waals surface area contributed by atoms with E-state index in [0.29, 0.717) is 18.4 Å². The standard InChI is InChI=1S/C20H15F4N5O2S/c21-12-8-11(4-5-14(12)32-20(22,23)24)16(10-2-3-10)29-15(30)9-13(17(25)31)28-19(29)18-26-6-1-7-27-18/h1,4-10,16H,2-3H2,(H2,25,31)/t16-/m1/s1. The lowest BCUT2D eigenvalue weighted by Gasteiger charge is -2.23. The quantitative estimate of drug-likeness (QED) is 0.441. The van der Waals surface area contributed by atoms with Crippen molar-refractivity contribution in [3.63, 3.8) is 0 Å². The van der Waals surface area contributed by atoms with Crippen molar-refractivity contribution in [2.45, 2.75) is 29.3 Å². The van der Waals surface area contributed by atoms with Gasteiger partial charge in [0, 0.05) is 18.5 Å². The van der Waals surface area contributed by atoms with Crippen molar-refractivity contribution < 1.29 is 22.4 Å². The summed E-state index contributed by atoms with van der Waals surface area (Å²) in [6.45, 7) is 0. The maximum atomic E-state index is 14.5. The Balaban J connectivity index is 1.88. The van der Waals surface area contributed by atoms with Crippen LogP contribution < -0.4 is 11.3 Å². The molecule has 1 aromatic carbocycles. The van der Waals surface area contributed by atoms with Crippen LogP contribution in [0, 0.1) is 11.7 Å². The Morgan fingerprint density at radius 2 is 1.88 bits per heavy atom. The summed E-state index contributed by atoms with van der Waals surface area (Å²) in [6, 6.07) is 5.15. The fourth-order valence-corrected chi connectivity index (χ4v) is 3.95. The molecule has 0 radical (unpaired) electrons. The van der Waals surface area contributed by atoms with Crippen molar-refractivity contribution in [3.8, 4) is 11.6 Å². The number of amides is 1. The van der Waals surface area contributed by atoms with Crippen molar-refractivity contribution in [2.75, 3.05) is 0 Å². The first kappa shape index (κ1) is 21.9. The smallest absolute Gasteiger partial charge is 0.364 e. The normalized spacial score (nSPS) is 14.9. The molecule has 1 saturated carbocycles. The SMILES string of the molecule is NC(=O)c1cc(=O)n([C@@H](c2ccc(SC(F)(F)F)c(F)c2)C2CC2)c(-c2ncccn2)n1. The molecular formula is C20H15F4N5O2S. The number of carbonyl (C=O) groups is 1. The van der Waals surface area contributed by atoms with Gasteiger partial charge in [-0.2, -0.15) is 13.2 Å². The predicted octanol–water partition coefficient (Wildman–Crippen LogP) is 3.55. The van der Waals surface area contributed by atoms with Crippen LogP contribution in [-0.4, -0.2) is 30.9 Å². The fourth-order valence-electron chi connectivity index (χ4n) is 3.41.